The molecule has 0 aliphatic carbocycles. The molecule has 4 rings (SSSR count). The van der Waals surface area contributed by atoms with Crippen LogP contribution in [0, 0.1) is 0 Å². The fraction of sp³-hybridized carbons (Fsp3) is 0.273. The Morgan fingerprint density at radius 3 is 2.62 bits per heavy atom. The molecule has 150 valence electrons. The van der Waals surface area contributed by atoms with E-state index in [2.05, 4.69) is 0 Å². The molecular formula is C22H20ClNO4S. The van der Waals surface area contributed by atoms with Crippen molar-refractivity contribution in [1.29, 1.82) is 0 Å². The Morgan fingerprint density at radius 1 is 1.14 bits per heavy atom. The molecule has 2 heterocycles. The van der Waals surface area contributed by atoms with Gasteiger partial charge in [-0.15, -0.1) is 0 Å². The van der Waals surface area contributed by atoms with E-state index < -0.39 is 0 Å². The average molecular weight is 430 g/mol. The van der Waals surface area contributed by atoms with Gasteiger partial charge in [-0.05, 0) is 55.2 Å². The molecule has 7 heteroatoms. The molecule has 1 fully saturated rings. The van der Waals surface area contributed by atoms with E-state index in [1.165, 1.54) is 18.9 Å². The zero-order chi connectivity index (χ0) is 20.4. The molecule has 1 saturated heterocycles. The molecule has 0 atom stereocenters. The maximum absolute atomic E-state index is 13.1. The Labute approximate surface area is 178 Å². The number of fused-ring (bicyclic) bond motifs is 1. The topological polar surface area (TPSA) is 55.8 Å². The number of carbonyl (C=O) groups excluding carboxylic acids is 2. The van der Waals surface area contributed by atoms with Gasteiger partial charge in [-0.25, -0.2) is 4.79 Å². The van der Waals surface area contributed by atoms with E-state index in [4.69, 9.17) is 21.1 Å². The molecule has 0 spiro atoms. The summed E-state index contributed by atoms with van der Waals surface area (Å²) >= 11 is 7.34. The molecule has 0 aromatic heterocycles. The second-order valence-corrected chi connectivity index (χ2v) is 8.37. The van der Waals surface area contributed by atoms with E-state index in [1.807, 2.05) is 12.1 Å². The number of hydrogen-bond acceptors (Lipinski definition) is 5. The van der Waals surface area contributed by atoms with Crippen LogP contribution in [-0.4, -0.2) is 37.0 Å². The molecule has 0 N–H and O–H groups in total. The molecular weight excluding hydrogens is 410 g/mol. The number of nitrogens with zero attached hydrogens (tertiary/aromatic N) is 1. The number of rotatable bonds is 3. The normalized spacial score (nSPS) is 17.4. The number of piperidine rings is 1. The zero-order valence-corrected chi connectivity index (χ0v) is 17.5. The predicted octanol–water partition coefficient (Wildman–Crippen LogP) is 5.66. The number of allylic oxidation sites excluding steroid dienone is 1. The van der Waals surface area contributed by atoms with Gasteiger partial charge in [-0.3, -0.25) is 4.79 Å². The number of hydrogen-bond donors (Lipinski definition) is 0. The lowest BCUT2D eigenvalue weighted by atomic mass is 10.1. The van der Waals surface area contributed by atoms with Crippen molar-refractivity contribution in [1.82, 2.24) is 4.90 Å². The number of benzene rings is 2. The Kier molecular flexibility index (Phi) is 5.83. The minimum atomic E-state index is -0.377. The van der Waals surface area contributed by atoms with Crippen LogP contribution < -0.4 is 9.47 Å². The number of halogens is 1. The van der Waals surface area contributed by atoms with Gasteiger partial charge in [-0.1, -0.05) is 35.5 Å². The van der Waals surface area contributed by atoms with Crippen molar-refractivity contribution < 1.29 is 19.1 Å². The average Bonchev–Trinajstić information content (AvgIpc) is 3.06. The van der Waals surface area contributed by atoms with Crippen LogP contribution in [0.25, 0.3) is 6.08 Å². The SMILES string of the molecule is COc1ccc(OC(=O)N2CCCCC2)c2c1C(=O)/C(=C/c1cccc(Cl)c1)S2. The van der Waals surface area contributed by atoms with E-state index in [1.54, 1.807) is 35.2 Å². The highest BCUT2D eigenvalue weighted by Gasteiger charge is 2.33. The second-order valence-electron chi connectivity index (χ2n) is 6.88. The van der Waals surface area contributed by atoms with E-state index >= 15 is 0 Å². The Balaban J connectivity index is 1.65. The van der Waals surface area contributed by atoms with Crippen molar-refractivity contribution in [2.45, 2.75) is 24.2 Å². The number of thioether (sulfide) groups is 1. The van der Waals surface area contributed by atoms with Gasteiger partial charge in [0.05, 0.1) is 22.5 Å². The minimum Gasteiger partial charge on any atom is -0.496 e. The standard InChI is InChI=1S/C22H20ClNO4S/c1-27-16-8-9-17(28-22(26)24-10-3-2-4-11-24)21-19(16)20(25)18(29-21)13-14-6-5-7-15(23)12-14/h5-9,12-13H,2-4,10-11H2,1H3/b18-13-. The number of amides is 1. The molecule has 2 aliphatic rings. The molecule has 0 unspecified atom stereocenters. The summed E-state index contributed by atoms with van der Waals surface area (Å²) in [5.41, 5.74) is 1.25. The lowest BCUT2D eigenvalue weighted by Gasteiger charge is -2.26. The Hall–Kier alpha value is -2.44. The fourth-order valence-electron chi connectivity index (χ4n) is 3.47. The highest BCUT2D eigenvalue weighted by Crippen LogP contribution is 2.49. The quantitative estimate of drug-likeness (QED) is 0.589. The van der Waals surface area contributed by atoms with E-state index in [0.717, 1.165) is 24.8 Å². The largest absolute Gasteiger partial charge is 0.496 e. The van der Waals surface area contributed by atoms with Crippen LogP contribution in [0.15, 0.2) is 46.2 Å². The van der Waals surface area contributed by atoms with Crippen molar-refractivity contribution >= 4 is 41.3 Å². The first-order valence-electron chi connectivity index (χ1n) is 9.44. The van der Waals surface area contributed by atoms with E-state index in [0.29, 0.717) is 45.0 Å². The smallest absolute Gasteiger partial charge is 0.415 e. The number of carbonyl (C=O) groups is 2. The predicted molar refractivity (Wildman–Crippen MR) is 114 cm³/mol. The molecule has 2 aromatic carbocycles. The lowest BCUT2D eigenvalue weighted by Crippen LogP contribution is -2.37. The van der Waals surface area contributed by atoms with Gasteiger partial charge in [0.15, 0.2) is 0 Å². The molecule has 0 bridgehead atoms. The van der Waals surface area contributed by atoms with Crippen molar-refractivity contribution in [3.05, 3.63) is 57.5 Å². The van der Waals surface area contributed by atoms with Crippen LogP contribution in [0.5, 0.6) is 11.5 Å². The van der Waals surface area contributed by atoms with Crippen molar-refractivity contribution in [3.8, 4) is 11.5 Å². The summed E-state index contributed by atoms with van der Waals surface area (Å²) in [6, 6.07) is 10.6. The summed E-state index contributed by atoms with van der Waals surface area (Å²) in [6.07, 6.45) is 4.50. The molecule has 2 aromatic rings. The molecule has 29 heavy (non-hydrogen) atoms. The molecule has 1 amide bonds. The lowest BCUT2D eigenvalue weighted by molar-refractivity contribution is 0.103. The summed E-state index contributed by atoms with van der Waals surface area (Å²) in [5, 5.41) is 0.598. The van der Waals surface area contributed by atoms with Gasteiger partial charge in [0.25, 0.3) is 0 Å². The highest BCUT2D eigenvalue weighted by atomic mass is 35.5. The molecule has 2 aliphatic heterocycles. The monoisotopic (exact) mass is 429 g/mol. The van der Waals surface area contributed by atoms with Crippen molar-refractivity contribution in [2.75, 3.05) is 20.2 Å². The third kappa shape index (κ3) is 4.14. The first kappa shape index (κ1) is 19.9. The third-order valence-electron chi connectivity index (χ3n) is 4.92. The Bertz CT molecular complexity index is 998. The van der Waals surface area contributed by atoms with Gasteiger partial charge >= 0.3 is 6.09 Å². The number of ketones is 1. The maximum atomic E-state index is 13.1. The first-order chi connectivity index (χ1) is 14.1. The number of ether oxygens (including phenoxy) is 2. The van der Waals surface area contributed by atoms with Gasteiger partial charge in [0, 0.05) is 18.1 Å². The number of Topliss-reactive ketones (excluding diaryl/α,β-unsaturated/α-hetero) is 1. The summed E-state index contributed by atoms with van der Waals surface area (Å²) in [6.45, 7) is 1.40. The van der Waals surface area contributed by atoms with Gasteiger partial charge in [-0.2, -0.15) is 0 Å². The summed E-state index contributed by atoms with van der Waals surface area (Å²) in [5.74, 6) is 0.687. The minimum absolute atomic E-state index is 0.155. The number of likely N-dealkylation sites (tertiary alicyclic amines) is 1. The van der Waals surface area contributed by atoms with Crippen LogP contribution in [0.4, 0.5) is 4.79 Å². The van der Waals surface area contributed by atoms with E-state index in [-0.39, 0.29) is 11.9 Å². The summed E-state index contributed by atoms with van der Waals surface area (Å²) in [7, 11) is 1.52. The van der Waals surface area contributed by atoms with Crippen molar-refractivity contribution in [2.24, 2.45) is 0 Å². The van der Waals surface area contributed by atoms with Crippen LogP contribution in [-0.2, 0) is 0 Å². The molecule has 0 saturated carbocycles. The van der Waals surface area contributed by atoms with Crippen LogP contribution in [0.1, 0.15) is 35.2 Å². The van der Waals surface area contributed by atoms with Gasteiger partial charge in [0.1, 0.15) is 11.5 Å². The van der Waals surface area contributed by atoms with Crippen LogP contribution in [0.3, 0.4) is 0 Å². The highest BCUT2D eigenvalue weighted by molar-refractivity contribution is 8.05. The third-order valence-corrected chi connectivity index (χ3v) is 6.29. The van der Waals surface area contributed by atoms with Gasteiger partial charge in [0.2, 0.25) is 5.78 Å². The van der Waals surface area contributed by atoms with E-state index in [9.17, 15) is 9.59 Å². The maximum Gasteiger partial charge on any atom is 0.415 e. The van der Waals surface area contributed by atoms with Crippen LogP contribution >= 0.6 is 23.4 Å². The molecule has 0 radical (unpaired) electrons. The summed E-state index contributed by atoms with van der Waals surface area (Å²) in [4.78, 5) is 28.5. The zero-order valence-electron chi connectivity index (χ0n) is 15.9. The summed E-state index contributed by atoms with van der Waals surface area (Å²) < 4.78 is 11.1. The van der Waals surface area contributed by atoms with Crippen molar-refractivity contribution in [3.63, 3.8) is 0 Å². The fourth-order valence-corrected chi connectivity index (χ4v) is 4.78. The van der Waals surface area contributed by atoms with Gasteiger partial charge < -0.3 is 14.4 Å². The second kappa shape index (κ2) is 8.51. The first-order valence-corrected chi connectivity index (χ1v) is 10.6. The molecule has 5 nitrogen and oxygen atoms in total. The number of methoxy groups -OCH3 is 1. The Morgan fingerprint density at radius 2 is 1.90 bits per heavy atom. The van der Waals surface area contributed by atoms with Crippen LogP contribution in [0.2, 0.25) is 5.02 Å².